The van der Waals surface area contributed by atoms with Crippen molar-refractivity contribution in [2.45, 2.75) is 52.4 Å². The summed E-state index contributed by atoms with van der Waals surface area (Å²) in [5, 5.41) is 3.31. The zero-order valence-electron chi connectivity index (χ0n) is 10.1. The number of hydrogen-bond acceptors (Lipinski definition) is 2. The van der Waals surface area contributed by atoms with Crippen LogP contribution in [-0.4, -0.2) is 18.9 Å². The van der Waals surface area contributed by atoms with Gasteiger partial charge in [0.15, 0.2) is 0 Å². The molecule has 1 unspecified atom stereocenters. The lowest BCUT2D eigenvalue weighted by Gasteiger charge is -2.28. The van der Waals surface area contributed by atoms with Gasteiger partial charge in [-0.25, -0.2) is 0 Å². The van der Waals surface area contributed by atoms with Crippen LogP contribution in [0.1, 0.15) is 52.4 Å². The van der Waals surface area contributed by atoms with Crippen LogP contribution >= 0.6 is 0 Å². The van der Waals surface area contributed by atoms with Gasteiger partial charge in [0.2, 0.25) is 0 Å². The summed E-state index contributed by atoms with van der Waals surface area (Å²) in [6.45, 7) is 6.33. The molecule has 86 valence electrons. The summed E-state index contributed by atoms with van der Waals surface area (Å²) in [5.74, 6) is 0.497. The minimum absolute atomic E-state index is 0.0639. The average molecular weight is 209 g/mol. The summed E-state index contributed by atoms with van der Waals surface area (Å²) in [6.07, 6.45) is 6.98. The summed E-state index contributed by atoms with van der Waals surface area (Å²) < 4.78 is 0. The molecule has 2 heteroatoms. The Balaban J connectivity index is 1.96. The summed E-state index contributed by atoms with van der Waals surface area (Å²) in [5.41, 5.74) is 0.258. The van der Waals surface area contributed by atoms with Crippen molar-refractivity contribution in [3.05, 3.63) is 0 Å². The van der Waals surface area contributed by atoms with Crippen molar-refractivity contribution in [1.29, 1.82) is 0 Å². The molecule has 0 aromatic rings. The molecule has 1 heterocycles. The predicted octanol–water partition coefficient (Wildman–Crippen LogP) is 2.53. The van der Waals surface area contributed by atoms with Crippen molar-refractivity contribution in [3.8, 4) is 0 Å². The molecular formula is C13H23NO. The standard InChI is InChI=1S/C13H23NO/c1-12(5-3-4-6-12)9-11(15)13(2)7-8-14-10-13/h14H,3-10H2,1-2H3. The number of Topliss-reactive ketones (excluding diaryl/α,β-unsaturated/α-hetero) is 1. The maximum atomic E-state index is 12.3. The molecule has 15 heavy (non-hydrogen) atoms. The second kappa shape index (κ2) is 3.89. The van der Waals surface area contributed by atoms with Crippen LogP contribution in [0.3, 0.4) is 0 Å². The minimum Gasteiger partial charge on any atom is -0.316 e. The van der Waals surface area contributed by atoms with Gasteiger partial charge in [0.05, 0.1) is 0 Å². The van der Waals surface area contributed by atoms with E-state index in [4.69, 9.17) is 0 Å². The second-order valence-corrected chi connectivity index (χ2v) is 6.11. The minimum atomic E-state index is -0.0639. The van der Waals surface area contributed by atoms with Gasteiger partial charge in [0, 0.05) is 18.4 Å². The van der Waals surface area contributed by atoms with Gasteiger partial charge < -0.3 is 5.32 Å². The van der Waals surface area contributed by atoms with E-state index in [1.165, 1.54) is 25.7 Å². The van der Waals surface area contributed by atoms with E-state index < -0.39 is 0 Å². The van der Waals surface area contributed by atoms with Gasteiger partial charge in [0.25, 0.3) is 0 Å². The number of carbonyl (C=O) groups excluding carboxylic acids is 1. The van der Waals surface area contributed by atoms with Crippen LogP contribution in [-0.2, 0) is 4.79 Å². The highest BCUT2D eigenvalue weighted by atomic mass is 16.1. The largest absolute Gasteiger partial charge is 0.316 e. The van der Waals surface area contributed by atoms with Crippen LogP contribution < -0.4 is 5.32 Å². The van der Waals surface area contributed by atoms with Gasteiger partial charge in [-0.3, -0.25) is 4.79 Å². The highest BCUT2D eigenvalue weighted by Crippen LogP contribution is 2.43. The van der Waals surface area contributed by atoms with Crippen LogP contribution in [0.4, 0.5) is 0 Å². The summed E-state index contributed by atoms with van der Waals surface area (Å²) in [6, 6.07) is 0. The lowest BCUT2D eigenvalue weighted by atomic mass is 9.75. The first-order valence-corrected chi connectivity index (χ1v) is 6.28. The first-order valence-electron chi connectivity index (χ1n) is 6.28. The number of carbonyl (C=O) groups is 1. The van der Waals surface area contributed by atoms with Crippen molar-refractivity contribution in [2.75, 3.05) is 13.1 Å². The monoisotopic (exact) mass is 209 g/mol. The van der Waals surface area contributed by atoms with Crippen LogP contribution in [0, 0.1) is 10.8 Å². The number of nitrogens with one attached hydrogen (secondary N) is 1. The molecule has 1 saturated carbocycles. The molecule has 1 saturated heterocycles. The van der Waals surface area contributed by atoms with Crippen molar-refractivity contribution in [1.82, 2.24) is 5.32 Å². The van der Waals surface area contributed by atoms with Crippen LogP contribution in [0.5, 0.6) is 0 Å². The topological polar surface area (TPSA) is 29.1 Å². The molecule has 0 amide bonds. The lowest BCUT2D eigenvalue weighted by Crippen LogP contribution is -2.33. The molecule has 1 N–H and O–H groups in total. The molecule has 2 fully saturated rings. The van der Waals surface area contributed by atoms with Gasteiger partial charge in [0.1, 0.15) is 5.78 Å². The highest BCUT2D eigenvalue weighted by molar-refractivity contribution is 5.85. The molecule has 2 aliphatic rings. The van der Waals surface area contributed by atoms with E-state index in [2.05, 4.69) is 19.2 Å². The molecule has 0 bridgehead atoms. The first kappa shape index (κ1) is 11.1. The number of hydrogen-bond donors (Lipinski definition) is 1. The third-order valence-corrected chi connectivity index (χ3v) is 4.44. The Morgan fingerprint density at radius 3 is 2.40 bits per heavy atom. The summed E-state index contributed by atoms with van der Waals surface area (Å²) in [7, 11) is 0. The lowest BCUT2D eigenvalue weighted by molar-refractivity contribution is -0.129. The molecule has 1 aliphatic heterocycles. The van der Waals surface area contributed by atoms with Crippen LogP contribution in [0.2, 0.25) is 0 Å². The molecule has 2 nitrogen and oxygen atoms in total. The fraction of sp³-hybridized carbons (Fsp3) is 0.923. The van der Waals surface area contributed by atoms with Gasteiger partial charge in [-0.1, -0.05) is 26.7 Å². The maximum absolute atomic E-state index is 12.3. The molecule has 0 aromatic carbocycles. The Morgan fingerprint density at radius 1 is 1.20 bits per heavy atom. The molecular weight excluding hydrogens is 186 g/mol. The molecule has 1 aliphatic carbocycles. The molecule has 0 aromatic heterocycles. The van der Waals surface area contributed by atoms with Crippen molar-refractivity contribution < 1.29 is 4.79 Å². The molecule has 2 rings (SSSR count). The third kappa shape index (κ3) is 2.25. The highest BCUT2D eigenvalue weighted by Gasteiger charge is 2.40. The van der Waals surface area contributed by atoms with E-state index in [1.807, 2.05) is 0 Å². The Hall–Kier alpha value is -0.370. The van der Waals surface area contributed by atoms with E-state index >= 15 is 0 Å². The fourth-order valence-corrected chi connectivity index (χ4v) is 3.06. The van der Waals surface area contributed by atoms with E-state index in [0.29, 0.717) is 11.2 Å². The zero-order chi connectivity index (χ0) is 10.9. The van der Waals surface area contributed by atoms with Gasteiger partial charge in [-0.15, -0.1) is 0 Å². The normalized spacial score (nSPS) is 34.5. The van der Waals surface area contributed by atoms with Crippen molar-refractivity contribution >= 4 is 5.78 Å². The molecule has 1 atom stereocenters. The Morgan fingerprint density at radius 2 is 1.87 bits per heavy atom. The van der Waals surface area contributed by atoms with E-state index in [1.54, 1.807) is 0 Å². The van der Waals surface area contributed by atoms with Crippen molar-refractivity contribution in [3.63, 3.8) is 0 Å². The van der Waals surface area contributed by atoms with E-state index in [0.717, 1.165) is 25.9 Å². The number of rotatable bonds is 3. The van der Waals surface area contributed by atoms with Crippen LogP contribution in [0.25, 0.3) is 0 Å². The third-order valence-electron chi connectivity index (χ3n) is 4.44. The average Bonchev–Trinajstić information content (AvgIpc) is 2.76. The van der Waals surface area contributed by atoms with Crippen LogP contribution in [0.15, 0.2) is 0 Å². The Labute approximate surface area is 92.8 Å². The SMILES string of the molecule is CC1(CC(=O)C2(C)CCNC2)CCCC1. The predicted molar refractivity (Wildman–Crippen MR) is 61.8 cm³/mol. The van der Waals surface area contributed by atoms with E-state index in [9.17, 15) is 4.79 Å². The molecule has 0 spiro atoms. The first-order chi connectivity index (χ1) is 7.04. The fourth-order valence-electron chi connectivity index (χ4n) is 3.06. The van der Waals surface area contributed by atoms with Crippen molar-refractivity contribution in [2.24, 2.45) is 10.8 Å². The maximum Gasteiger partial charge on any atom is 0.140 e. The van der Waals surface area contributed by atoms with Gasteiger partial charge in [-0.05, 0) is 31.2 Å². The summed E-state index contributed by atoms with van der Waals surface area (Å²) in [4.78, 5) is 12.3. The quantitative estimate of drug-likeness (QED) is 0.774. The second-order valence-electron chi connectivity index (χ2n) is 6.11. The number of ketones is 1. The Kier molecular flexibility index (Phi) is 2.89. The van der Waals surface area contributed by atoms with Gasteiger partial charge >= 0.3 is 0 Å². The zero-order valence-corrected chi connectivity index (χ0v) is 10.1. The molecule has 0 radical (unpaired) electrons. The van der Waals surface area contributed by atoms with E-state index in [-0.39, 0.29) is 5.41 Å². The Bertz CT molecular complexity index is 247. The van der Waals surface area contributed by atoms with Gasteiger partial charge in [-0.2, -0.15) is 0 Å². The summed E-state index contributed by atoms with van der Waals surface area (Å²) >= 11 is 0. The smallest absolute Gasteiger partial charge is 0.140 e.